The van der Waals surface area contributed by atoms with Gasteiger partial charge in [-0.3, -0.25) is 9.59 Å². The number of carbonyl (C=O) groups is 2. The Balaban J connectivity index is 1.50. The lowest BCUT2D eigenvalue weighted by atomic mass is 10.0. The summed E-state index contributed by atoms with van der Waals surface area (Å²) < 4.78 is 14.9. The Labute approximate surface area is 213 Å². The molecule has 2 N–H and O–H groups in total. The first kappa shape index (κ1) is 25.1. The summed E-state index contributed by atoms with van der Waals surface area (Å²) in [7, 11) is 0. The Bertz CT molecular complexity index is 1350. The lowest BCUT2D eigenvalue weighted by molar-refractivity contribution is 0.0940. The predicted octanol–water partition coefficient (Wildman–Crippen LogP) is 4.62. The number of thioether (sulfide) groups is 1. The van der Waals surface area contributed by atoms with Gasteiger partial charge in [-0.05, 0) is 72.3 Å². The van der Waals surface area contributed by atoms with Gasteiger partial charge in [0.25, 0.3) is 11.8 Å². The quantitative estimate of drug-likeness (QED) is 0.348. The molecule has 2 amide bonds. The van der Waals surface area contributed by atoms with Gasteiger partial charge in [0.1, 0.15) is 5.82 Å². The van der Waals surface area contributed by atoms with Crippen LogP contribution in [0, 0.1) is 5.82 Å². The van der Waals surface area contributed by atoms with Crippen LogP contribution in [0.3, 0.4) is 0 Å². The number of nitrogens with zero attached hydrogens (tertiary/aromatic N) is 3. The number of aromatic nitrogens is 3. The first-order valence-electron chi connectivity index (χ1n) is 11.5. The summed E-state index contributed by atoms with van der Waals surface area (Å²) in [6.45, 7) is 2.72. The molecular formula is C27H26FN5O2S. The van der Waals surface area contributed by atoms with E-state index in [1.807, 2.05) is 37.4 Å². The van der Waals surface area contributed by atoms with Crippen LogP contribution >= 0.6 is 11.8 Å². The average molecular weight is 504 g/mol. The second-order valence-electron chi connectivity index (χ2n) is 8.03. The molecule has 3 aromatic carbocycles. The topological polar surface area (TPSA) is 88.9 Å². The van der Waals surface area contributed by atoms with E-state index in [1.165, 1.54) is 12.1 Å². The zero-order valence-electron chi connectivity index (χ0n) is 20.0. The molecule has 1 heterocycles. The van der Waals surface area contributed by atoms with Gasteiger partial charge in [0, 0.05) is 24.4 Å². The third kappa shape index (κ3) is 5.80. The van der Waals surface area contributed by atoms with E-state index >= 15 is 0 Å². The molecule has 184 valence electrons. The molecule has 0 aliphatic rings. The molecule has 1 aromatic heterocycles. The Morgan fingerprint density at radius 3 is 2.39 bits per heavy atom. The summed E-state index contributed by atoms with van der Waals surface area (Å²) in [5, 5.41) is 14.1. The highest BCUT2D eigenvalue weighted by Gasteiger charge is 2.20. The van der Waals surface area contributed by atoms with Crippen molar-refractivity contribution in [3.05, 3.63) is 101 Å². The number of hydrogen-bond donors (Lipinski definition) is 2. The molecule has 9 heteroatoms. The predicted molar refractivity (Wildman–Crippen MR) is 140 cm³/mol. The van der Waals surface area contributed by atoms with Crippen molar-refractivity contribution in [2.75, 3.05) is 12.8 Å². The third-order valence-corrected chi connectivity index (χ3v) is 6.09. The minimum absolute atomic E-state index is 0.143. The minimum Gasteiger partial charge on any atom is -0.352 e. The fourth-order valence-electron chi connectivity index (χ4n) is 3.74. The molecule has 0 spiro atoms. The summed E-state index contributed by atoms with van der Waals surface area (Å²) in [6.07, 6.45) is 1.94. The zero-order valence-corrected chi connectivity index (χ0v) is 20.8. The molecule has 0 bridgehead atoms. The van der Waals surface area contributed by atoms with Gasteiger partial charge < -0.3 is 10.6 Å². The summed E-state index contributed by atoms with van der Waals surface area (Å²) in [6, 6.07) is 21.0. The van der Waals surface area contributed by atoms with Gasteiger partial charge in [-0.1, -0.05) is 35.5 Å². The van der Waals surface area contributed by atoms with Crippen LogP contribution < -0.4 is 10.6 Å². The van der Waals surface area contributed by atoms with Crippen LogP contribution in [-0.4, -0.2) is 39.6 Å². The van der Waals surface area contributed by atoms with Gasteiger partial charge in [-0.25, -0.2) is 9.07 Å². The Hall–Kier alpha value is -3.98. The zero-order chi connectivity index (χ0) is 25.5. The molecule has 4 rings (SSSR count). The second kappa shape index (κ2) is 11.6. The molecule has 0 saturated heterocycles. The van der Waals surface area contributed by atoms with E-state index in [0.29, 0.717) is 35.8 Å². The minimum atomic E-state index is -0.323. The monoisotopic (exact) mass is 503 g/mol. The third-order valence-electron chi connectivity index (χ3n) is 5.53. The summed E-state index contributed by atoms with van der Waals surface area (Å²) in [5.74, 6) is -0.213. The molecule has 0 unspecified atom stereocenters. The van der Waals surface area contributed by atoms with Gasteiger partial charge in [-0.2, -0.15) is 11.8 Å². The average Bonchev–Trinajstić information content (AvgIpc) is 3.32. The van der Waals surface area contributed by atoms with E-state index in [2.05, 4.69) is 20.9 Å². The van der Waals surface area contributed by atoms with E-state index < -0.39 is 0 Å². The molecule has 4 aromatic rings. The van der Waals surface area contributed by atoms with E-state index in [4.69, 9.17) is 0 Å². The van der Waals surface area contributed by atoms with E-state index in [1.54, 1.807) is 52.8 Å². The smallest absolute Gasteiger partial charge is 0.274 e. The highest BCUT2D eigenvalue weighted by Crippen LogP contribution is 2.22. The number of nitrogens with one attached hydrogen (secondary N) is 2. The van der Waals surface area contributed by atoms with Crippen molar-refractivity contribution in [3.8, 4) is 16.8 Å². The molecule has 0 aliphatic carbocycles. The second-order valence-corrected chi connectivity index (χ2v) is 8.89. The van der Waals surface area contributed by atoms with Crippen molar-refractivity contribution in [1.29, 1.82) is 0 Å². The van der Waals surface area contributed by atoms with Gasteiger partial charge in [0.15, 0.2) is 5.69 Å². The van der Waals surface area contributed by atoms with Crippen molar-refractivity contribution in [3.63, 3.8) is 0 Å². The first-order chi connectivity index (χ1) is 17.5. The maximum Gasteiger partial charge on any atom is 0.274 e. The number of amides is 2. The maximum atomic E-state index is 13.3. The Kier molecular flexibility index (Phi) is 8.12. The molecule has 36 heavy (non-hydrogen) atoms. The van der Waals surface area contributed by atoms with Crippen molar-refractivity contribution in [2.45, 2.75) is 19.2 Å². The van der Waals surface area contributed by atoms with Gasteiger partial charge in [0.05, 0.1) is 11.4 Å². The molecule has 0 fully saturated rings. The Morgan fingerprint density at radius 2 is 1.69 bits per heavy atom. The number of carbonyl (C=O) groups excluding carboxylic acids is 2. The van der Waals surface area contributed by atoms with Crippen molar-refractivity contribution in [1.82, 2.24) is 25.6 Å². The Morgan fingerprint density at radius 1 is 0.944 bits per heavy atom. The van der Waals surface area contributed by atoms with Gasteiger partial charge in [0.2, 0.25) is 0 Å². The standard InChI is InChI=1S/C27H26FN5O2S/c1-3-29-26(34)20-9-13-23(14-10-20)33-24(17-36-2)25(31-32-33)27(35)30-16-18-5-4-6-21(15-18)19-7-11-22(28)12-8-19/h4-15H,3,16-17H2,1-2H3,(H,29,34)(H,30,35). The SMILES string of the molecule is CCNC(=O)c1ccc(-n2nnc(C(=O)NCc3cccc(-c4ccc(F)cc4)c3)c2CSC)cc1. The largest absolute Gasteiger partial charge is 0.352 e. The van der Waals surface area contributed by atoms with Crippen LogP contribution in [0.4, 0.5) is 4.39 Å². The molecular weight excluding hydrogens is 477 g/mol. The maximum absolute atomic E-state index is 13.3. The molecule has 0 radical (unpaired) electrons. The highest BCUT2D eigenvalue weighted by atomic mass is 32.2. The molecule has 0 aliphatic heterocycles. The fourth-order valence-corrected chi connectivity index (χ4v) is 4.27. The summed E-state index contributed by atoms with van der Waals surface area (Å²) in [5.41, 5.74) is 4.93. The van der Waals surface area contributed by atoms with E-state index in [-0.39, 0.29) is 23.3 Å². The lowest BCUT2D eigenvalue weighted by Gasteiger charge is -2.09. The molecule has 0 saturated carbocycles. The van der Waals surface area contributed by atoms with Crippen LogP contribution in [0.1, 0.15) is 39.0 Å². The normalized spacial score (nSPS) is 10.8. The van der Waals surface area contributed by atoms with Crippen molar-refractivity contribution < 1.29 is 14.0 Å². The first-order valence-corrected chi connectivity index (χ1v) is 12.8. The van der Waals surface area contributed by atoms with Gasteiger partial charge in [-0.15, -0.1) is 5.10 Å². The van der Waals surface area contributed by atoms with Crippen LogP contribution in [0.25, 0.3) is 16.8 Å². The highest BCUT2D eigenvalue weighted by molar-refractivity contribution is 7.97. The van der Waals surface area contributed by atoms with E-state index in [9.17, 15) is 14.0 Å². The number of benzene rings is 3. The number of rotatable bonds is 9. The van der Waals surface area contributed by atoms with Crippen LogP contribution in [0.5, 0.6) is 0 Å². The van der Waals surface area contributed by atoms with E-state index in [0.717, 1.165) is 16.7 Å². The van der Waals surface area contributed by atoms with Crippen molar-refractivity contribution >= 4 is 23.6 Å². The summed E-state index contributed by atoms with van der Waals surface area (Å²) >= 11 is 1.56. The van der Waals surface area contributed by atoms with Gasteiger partial charge >= 0.3 is 0 Å². The molecule has 7 nitrogen and oxygen atoms in total. The summed E-state index contributed by atoms with van der Waals surface area (Å²) in [4.78, 5) is 25.1. The molecule has 0 atom stereocenters. The van der Waals surface area contributed by atoms with Crippen molar-refractivity contribution in [2.24, 2.45) is 0 Å². The van der Waals surface area contributed by atoms with Crippen LogP contribution in [-0.2, 0) is 12.3 Å². The number of halogens is 1. The number of hydrogen-bond acceptors (Lipinski definition) is 5. The van der Waals surface area contributed by atoms with Crippen LogP contribution in [0.15, 0.2) is 72.8 Å². The lowest BCUT2D eigenvalue weighted by Crippen LogP contribution is -2.24. The van der Waals surface area contributed by atoms with Crippen LogP contribution in [0.2, 0.25) is 0 Å². The fraction of sp³-hybridized carbons (Fsp3) is 0.185.